The first-order valence-electron chi connectivity index (χ1n) is 8.76. The number of nitrogens with one attached hydrogen (secondary N) is 2. The third kappa shape index (κ3) is 3.38. The first-order chi connectivity index (χ1) is 13.1. The predicted molar refractivity (Wildman–Crippen MR) is 104 cm³/mol. The van der Waals surface area contributed by atoms with E-state index in [1.807, 2.05) is 22.9 Å². The number of pyridine rings is 1. The minimum absolute atomic E-state index is 0.0280. The van der Waals surface area contributed by atoms with Gasteiger partial charge in [0.15, 0.2) is 5.82 Å². The van der Waals surface area contributed by atoms with Crippen LogP contribution in [0.15, 0.2) is 46.2 Å². The van der Waals surface area contributed by atoms with E-state index >= 15 is 0 Å². The van der Waals surface area contributed by atoms with Crippen molar-refractivity contribution < 1.29 is 4.21 Å². The summed E-state index contributed by atoms with van der Waals surface area (Å²) in [5, 5.41) is 17.5. The van der Waals surface area contributed by atoms with E-state index in [4.69, 9.17) is 0 Å². The Morgan fingerprint density at radius 3 is 2.74 bits per heavy atom. The minimum atomic E-state index is -1.05. The molecule has 0 radical (unpaired) electrons. The Hall–Kier alpha value is -2.92. The Kier molecular flexibility index (Phi) is 4.54. The summed E-state index contributed by atoms with van der Waals surface area (Å²) >= 11 is 0. The van der Waals surface area contributed by atoms with E-state index in [-0.39, 0.29) is 11.6 Å². The van der Waals surface area contributed by atoms with Crippen LogP contribution >= 0.6 is 0 Å². The molecular weight excluding hydrogens is 362 g/mol. The van der Waals surface area contributed by atoms with Crippen molar-refractivity contribution in [2.75, 3.05) is 11.6 Å². The number of nitrogens with zero attached hydrogens (tertiary/aromatic N) is 3. The van der Waals surface area contributed by atoms with Crippen molar-refractivity contribution in [1.82, 2.24) is 14.8 Å². The van der Waals surface area contributed by atoms with E-state index in [9.17, 15) is 14.3 Å². The predicted octanol–water partition coefficient (Wildman–Crippen LogP) is 3.07. The fourth-order valence-corrected chi connectivity index (χ4v) is 3.85. The molecule has 8 heteroatoms. The molecule has 0 saturated heterocycles. The van der Waals surface area contributed by atoms with Gasteiger partial charge in [-0.3, -0.25) is 13.7 Å². The zero-order chi connectivity index (χ0) is 19.0. The second-order valence-electron chi connectivity index (χ2n) is 6.73. The standard InChI is InChI=1S/C19H19N5O2S/c1-27(26)14-6-4-13(5-7-14)22-18-17-16(9-11-21-19(17)25)24(23-18)15(8-10-20)12-2-3-12/h4-7,9,11-12,15H,2-3,8H2,1H3,(H,21,25)(H,22,23). The van der Waals surface area contributed by atoms with Gasteiger partial charge in [-0.1, -0.05) is 0 Å². The first-order valence-corrected chi connectivity index (χ1v) is 10.3. The maximum atomic E-state index is 12.5. The van der Waals surface area contributed by atoms with Crippen LogP contribution < -0.4 is 10.9 Å². The number of hydrogen-bond acceptors (Lipinski definition) is 5. The van der Waals surface area contributed by atoms with Gasteiger partial charge < -0.3 is 10.3 Å². The lowest BCUT2D eigenvalue weighted by Crippen LogP contribution is -2.13. The molecule has 2 N–H and O–H groups in total. The highest BCUT2D eigenvalue weighted by molar-refractivity contribution is 7.84. The van der Waals surface area contributed by atoms with E-state index in [1.54, 1.807) is 24.6 Å². The molecule has 0 amide bonds. The van der Waals surface area contributed by atoms with E-state index in [1.165, 1.54) is 0 Å². The largest absolute Gasteiger partial charge is 0.338 e. The Morgan fingerprint density at radius 1 is 1.37 bits per heavy atom. The van der Waals surface area contributed by atoms with Crippen LogP contribution in [0.2, 0.25) is 0 Å². The summed E-state index contributed by atoms with van der Waals surface area (Å²) in [4.78, 5) is 15.9. The van der Waals surface area contributed by atoms with Crippen molar-refractivity contribution in [2.45, 2.75) is 30.2 Å². The molecule has 0 bridgehead atoms. The lowest BCUT2D eigenvalue weighted by atomic mass is 10.1. The molecule has 1 aliphatic rings. The van der Waals surface area contributed by atoms with Gasteiger partial charge in [-0.25, -0.2) is 0 Å². The van der Waals surface area contributed by atoms with Gasteiger partial charge in [0.25, 0.3) is 5.56 Å². The Bertz CT molecular complexity index is 1110. The number of hydrogen-bond donors (Lipinski definition) is 2. The molecule has 0 spiro atoms. The summed E-state index contributed by atoms with van der Waals surface area (Å²) in [5.74, 6) is 0.888. The van der Waals surface area contributed by atoms with Crippen molar-refractivity contribution in [3.63, 3.8) is 0 Å². The zero-order valence-corrected chi connectivity index (χ0v) is 15.6. The van der Waals surface area contributed by atoms with Crippen LogP contribution in [0.25, 0.3) is 10.9 Å². The van der Waals surface area contributed by atoms with Crippen LogP contribution in [0.3, 0.4) is 0 Å². The van der Waals surface area contributed by atoms with Crippen LogP contribution in [0.5, 0.6) is 0 Å². The van der Waals surface area contributed by atoms with Crippen molar-refractivity contribution in [3.8, 4) is 6.07 Å². The molecule has 0 aliphatic heterocycles. The maximum absolute atomic E-state index is 12.5. The molecule has 138 valence electrons. The number of rotatable bonds is 6. The Balaban J connectivity index is 1.77. The number of nitriles is 1. The van der Waals surface area contributed by atoms with Gasteiger partial charge >= 0.3 is 0 Å². The molecule has 4 rings (SSSR count). The van der Waals surface area contributed by atoms with Gasteiger partial charge in [0.05, 0.1) is 24.0 Å². The van der Waals surface area contributed by atoms with Crippen molar-refractivity contribution in [3.05, 3.63) is 46.9 Å². The van der Waals surface area contributed by atoms with Crippen LogP contribution in [0.4, 0.5) is 11.5 Å². The molecule has 2 aromatic heterocycles. The summed E-state index contributed by atoms with van der Waals surface area (Å²) in [6.45, 7) is 0. The molecular formula is C19H19N5O2S. The average molecular weight is 381 g/mol. The monoisotopic (exact) mass is 381 g/mol. The maximum Gasteiger partial charge on any atom is 0.261 e. The molecule has 7 nitrogen and oxygen atoms in total. The minimum Gasteiger partial charge on any atom is -0.338 e. The molecule has 1 aliphatic carbocycles. The van der Waals surface area contributed by atoms with Gasteiger partial charge in [-0.2, -0.15) is 10.4 Å². The Morgan fingerprint density at radius 2 is 2.11 bits per heavy atom. The van der Waals surface area contributed by atoms with Crippen LogP contribution in [0.1, 0.15) is 25.3 Å². The van der Waals surface area contributed by atoms with Crippen LogP contribution in [0, 0.1) is 17.2 Å². The lowest BCUT2D eigenvalue weighted by Gasteiger charge is -2.14. The summed E-state index contributed by atoms with van der Waals surface area (Å²) in [6, 6.07) is 11.2. The van der Waals surface area contributed by atoms with Gasteiger partial charge in [-0.15, -0.1) is 0 Å². The van der Waals surface area contributed by atoms with Crippen molar-refractivity contribution in [2.24, 2.45) is 5.92 Å². The molecule has 2 heterocycles. The van der Waals surface area contributed by atoms with Gasteiger partial charge in [0, 0.05) is 33.8 Å². The summed E-state index contributed by atoms with van der Waals surface area (Å²) in [5.41, 5.74) is 1.25. The van der Waals surface area contributed by atoms with Gasteiger partial charge in [0.1, 0.15) is 5.39 Å². The first kappa shape index (κ1) is 17.5. The van der Waals surface area contributed by atoms with E-state index in [0.29, 0.717) is 23.5 Å². The molecule has 3 aromatic rings. The smallest absolute Gasteiger partial charge is 0.261 e. The van der Waals surface area contributed by atoms with E-state index in [0.717, 1.165) is 28.9 Å². The highest BCUT2D eigenvalue weighted by Crippen LogP contribution is 2.42. The molecule has 1 fully saturated rings. The molecule has 2 unspecified atom stereocenters. The second kappa shape index (κ2) is 7.00. The lowest BCUT2D eigenvalue weighted by molar-refractivity contribution is 0.426. The number of benzene rings is 1. The molecule has 27 heavy (non-hydrogen) atoms. The highest BCUT2D eigenvalue weighted by Gasteiger charge is 2.34. The van der Waals surface area contributed by atoms with E-state index in [2.05, 4.69) is 21.5 Å². The zero-order valence-electron chi connectivity index (χ0n) is 14.8. The quantitative estimate of drug-likeness (QED) is 0.683. The van der Waals surface area contributed by atoms with E-state index < -0.39 is 10.8 Å². The SMILES string of the molecule is CS(=O)c1ccc(Nc2nn(C(CC#N)C3CC3)c3cc[nH]c(=O)c23)cc1. The van der Waals surface area contributed by atoms with Gasteiger partial charge in [-0.05, 0) is 49.1 Å². The van der Waals surface area contributed by atoms with Crippen molar-refractivity contribution in [1.29, 1.82) is 5.26 Å². The average Bonchev–Trinajstić information content (AvgIpc) is 3.43. The topological polar surface area (TPSA) is 104 Å². The molecule has 2 atom stereocenters. The normalized spacial score (nSPS) is 16.0. The summed E-state index contributed by atoms with van der Waals surface area (Å²) in [7, 11) is -1.05. The third-order valence-electron chi connectivity index (χ3n) is 4.86. The van der Waals surface area contributed by atoms with Crippen LogP contribution in [-0.4, -0.2) is 25.2 Å². The summed E-state index contributed by atoms with van der Waals surface area (Å²) in [6.07, 6.45) is 5.76. The second-order valence-corrected chi connectivity index (χ2v) is 8.11. The van der Waals surface area contributed by atoms with Crippen molar-refractivity contribution >= 4 is 33.2 Å². The van der Waals surface area contributed by atoms with Crippen LogP contribution in [-0.2, 0) is 10.8 Å². The number of anilines is 2. The molecule has 1 saturated carbocycles. The number of aromatic nitrogens is 3. The number of aromatic amines is 1. The fraction of sp³-hybridized carbons (Fsp3) is 0.316. The van der Waals surface area contributed by atoms with Gasteiger partial charge in [0.2, 0.25) is 0 Å². The number of H-pyrrole nitrogens is 1. The third-order valence-corrected chi connectivity index (χ3v) is 5.80. The Labute approximate surface area is 158 Å². The molecule has 1 aromatic carbocycles. The summed E-state index contributed by atoms with van der Waals surface area (Å²) < 4.78 is 13.4. The fourth-order valence-electron chi connectivity index (χ4n) is 3.33. The highest BCUT2D eigenvalue weighted by atomic mass is 32.2. The number of fused-ring (bicyclic) bond motifs is 1.